The predicted octanol–water partition coefficient (Wildman–Crippen LogP) is 3.14. The summed E-state index contributed by atoms with van der Waals surface area (Å²) in [5.74, 6) is 2.65. The molecule has 2 aliphatic rings. The highest BCUT2D eigenvalue weighted by Crippen LogP contribution is 2.53. The smallest absolute Gasteiger partial charge is 0.151 e. The molecule has 0 saturated carbocycles. The number of fused-ring (bicyclic) bond motifs is 1. The molecule has 0 unspecified atom stereocenters. The highest BCUT2D eigenvalue weighted by molar-refractivity contribution is 7.91. The summed E-state index contributed by atoms with van der Waals surface area (Å²) >= 11 is 0. The lowest BCUT2D eigenvalue weighted by Crippen LogP contribution is -2.34. The minimum Gasteiger partial charge on any atom is -0.465 e. The molecule has 2 saturated heterocycles. The lowest BCUT2D eigenvalue weighted by atomic mass is 9.71. The van der Waals surface area contributed by atoms with E-state index in [9.17, 15) is 8.42 Å². The van der Waals surface area contributed by atoms with Gasteiger partial charge in [0.05, 0.1) is 11.5 Å². The summed E-state index contributed by atoms with van der Waals surface area (Å²) in [4.78, 5) is 2.40. The molecule has 0 radical (unpaired) electrons. The van der Waals surface area contributed by atoms with Gasteiger partial charge in [-0.3, -0.25) is 4.90 Å². The molecule has 4 nitrogen and oxygen atoms in total. The Morgan fingerprint density at radius 2 is 1.70 bits per heavy atom. The Kier molecular flexibility index (Phi) is 3.59. The molecule has 2 atom stereocenters. The van der Waals surface area contributed by atoms with E-state index in [0.29, 0.717) is 11.5 Å². The van der Waals surface area contributed by atoms with Crippen LogP contribution in [0.1, 0.15) is 51.7 Å². The SMILES string of the molecule is Cc1oc(C(C)(C)C)cc1CN1C[C@@]2(C)CS(=O)(=O)C[C@@]2(C)C1. The number of rotatable bonds is 2. The van der Waals surface area contributed by atoms with Gasteiger partial charge in [0.2, 0.25) is 0 Å². The van der Waals surface area contributed by atoms with Crippen LogP contribution in [-0.2, 0) is 21.8 Å². The molecule has 1 aromatic rings. The number of likely N-dealkylation sites (tertiary alicyclic amines) is 1. The molecule has 2 aliphatic heterocycles. The van der Waals surface area contributed by atoms with E-state index in [1.165, 1.54) is 5.56 Å². The molecule has 0 N–H and O–H groups in total. The van der Waals surface area contributed by atoms with Crippen molar-refractivity contribution in [2.45, 2.75) is 53.5 Å². The summed E-state index contributed by atoms with van der Waals surface area (Å²) in [6, 6.07) is 2.17. The Morgan fingerprint density at radius 1 is 1.17 bits per heavy atom. The van der Waals surface area contributed by atoms with E-state index >= 15 is 0 Å². The maximum absolute atomic E-state index is 12.1. The van der Waals surface area contributed by atoms with Gasteiger partial charge < -0.3 is 4.42 Å². The molecule has 130 valence electrons. The summed E-state index contributed by atoms with van der Waals surface area (Å²) in [6.07, 6.45) is 0. The number of nitrogens with zero attached hydrogens (tertiary/aromatic N) is 1. The third-order valence-corrected chi connectivity index (χ3v) is 7.99. The van der Waals surface area contributed by atoms with Crippen LogP contribution in [0, 0.1) is 17.8 Å². The van der Waals surface area contributed by atoms with E-state index < -0.39 is 9.84 Å². The van der Waals surface area contributed by atoms with E-state index in [4.69, 9.17) is 4.42 Å². The fourth-order valence-corrected chi connectivity index (χ4v) is 7.21. The third-order valence-electron chi connectivity index (χ3n) is 5.83. The molecule has 0 aliphatic carbocycles. The van der Waals surface area contributed by atoms with Crippen LogP contribution < -0.4 is 0 Å². The molecule has 1 aromatic heterocycles. The van der Waals surface area contributed by atoms with Gasteiger partial charge in [-0.15, -0.1) is 0 Å². The second kappa shape index (κ2) is 4.85. The van der Waals surface area contributed by atoms with E-state index in [1.54, 1.807) is 0 Å². The zero-order valence-corrected chi connectivity index (χ0v) is 16.0. The summed E-state index contributed by atoms with van der Waals surface area (Å²) in [7, 11) is -2.89. The monoisotopic (exact) mass is 339 g/mol. The van der Waals surface area contributed by atoms with Crippen molar-refractivity contribution in [2.75, 3.05) is 24.6 Å². The maximum Gasteiger partial charge on any atom is 0.151 e. The molecule has 3 heterocycles. The number of hydrogen-bond acceptors (Lipinski definition) is 4. The Morgan fingerprint density at radius 3 is 2.13 bits per heavy atom. The van der Waals surface area contributed by atoms with Gasteiger partial charge in [-0.05, 0) is 13.0 Å². The third kappa shape index (κ3) is 2.86. The fraction of sp³-hybridized carbons (Fsp3) is 0.778. The zero-order chi connectivity index (χ0) is 17.3. The number of aryl methyl sites for hydroxylation is 1. The second-order valence-electron chi connectivity index (χ2n) is 9.24. The van der Waals surface area contributed by atoms with E-state index in [-0.39, 0.29) is 16.2 Å². The van der Waals surface area contributed by atoms with Gasteiger partial charge >= 0.3 is 0 Å². The standard InChI is InChI=1S/C18H29NO3S/c1-13-14(7-15(22-13)16(2,3)4)8-19-9-17(5)11-23(20,21)12-18(17,6)10-19/h7H,8-12H2,1-6H3/t17-,18+. The molecular weight excluding hydrogens is 310 g/mol. The van der Waals surface area contributed by atoms with Crippen molar-refractivity contribution in [1.29, 1.82) is 0 Å². The van der Waals surface area contributed by atoms with Gasteiger partial charge in [-0.25, -0.2) is 8.42 Å². The summed E-state index contributed by atoms with van der Waals surface area (Å²) < 4.78 is 30.1. The highest BCUT2D eigenvalue weighted by Gasteiger charge is 2.60. The van der Waals surface area contributed by atoms with E-state index in [0.717, 1.165) is 31.2 Å². The average molecular weight is 340 g/mol. The van der Waals surface area contributed by atoms with E-state index in [2.05, 4.69) is 45.6 Å². The maximum atomic E-state index is 12.1. The van der Waals surface area contributed by atoms with Crippen LogP contribution in [0.25, 0.3) is 0 Å². The number of furan rings is 1. The van der Waals surface area contributed by atoms with Crippen molar-refractivity contribution < 1.29 is 12.8 Å². The minimum absolute atomic E-state index is 0.0105. The molecule has 23 heavy (non-hydrogen) atoms. The Bertz CT molecular complexity index is 702. The van der Waals surface area contributed by atoms with Crippen LogP contribution in [0.15, 0.2) is 10.5 Å². The number of hydrogen-bond donors (Lipinski definition) is 0. The van der Waals surface area contributed by atoms with Gasteiger partial charge in [0, 0.05) is 41.4 Å². The van der Waals surface area contributed by atoms with Crippen molar-refractivity contribution in [3.05, 3.63) is 23.2 Å². The summed E-state index contributed by atoms with van der Waals surface area (Å²) in [6.45, 7) is 15.3. The quantitative estimate of drug-likeness (QED) is 0.830. The van der Waals surface area contributed by atoms with E-state index in [1.807, 2.05) is 6.92 Å². The molecule has 0 amide bonds. The van der Waals surface area contributed by atoms with Crippen molar-refractivity contribution in [3.8, 4) is 0 Å². The Balaban J connectivity index is 1.79. The van der Waals surface area contributed by atoms with Gasteiger partial charge in [0.25, 0.3) is 0 Å². The van der Waals surface area contributed by atoms with Crippen LogP contribution in [0.3, 0.4) is 0 Å². The van der Waals surface area contributed by atoms with Crippen LogP contribution in [0.2, 0.25) is 0 Å². The normalized spacial score (nSPS) is 34.0. The first-order valence-electron chi connectivity index (χ1n) is 8.36. The first-order valence-corrected chi connectivity index (χ1v) is 10.2. The van der Waals surface area contributed by atoms with Gasteiger partial charge in [0.1, 0.15) is 11.5 Å². The molecule has 3 rings (SSSR count). The van der Waals surface area contributed by atoms with Crippen LogP contribution >= 0.6 is 0 Å². The lowest BCUT2D eigenvalue weighted by Gasteiger charge is -2.30. The molecular formula is C18H29NO3S. The van der Waals surface area contributed by atoms with Gasteiger partial charge in [-0.1, -0.05) is 34.6 Å². The van der Waals surface area contributed by atoms with Crippen LogP contribution in [-0.4, -0.2) is 37.9 Å². The summed E-state index contributed by atoms with van der Waals surface area (Å²) in [5, 5.41) is 0. The highest BCUT2D eigenvalue weighted by atomic mass is 32.2. The van der Waals surface area contributed by atoms with Crippen LogP contribution in [0.5, 0.6) is 0 Å². The minimum atomic E-state index is -2.89. The largest absolute Gasteiger partial charge is 0.465 e. The first kappa shape index (κ1) is 17.0. The lowest BCUT2D eigenvalue weighted by molar-refractivity contribution is 0.212. The van der Waals surface area contributed by atoms with Crippen molar-refractivity contribution in [1.82, 2.24) is 4.90 Å². The number of sulfone groups is 1. The molecule has 0 bridgehead atoms. The summed E-state index contributed by atoms with van der Waals surface area (Å²) in [5.41, 5.74) is 0.980. The van der Waals surface area contributed by atoms with Crippen LogP contribution in [0.4, 0.5) is 0 Å². The van der Waals surface area contributed by atoms with Gasteiger partial charge in [-0.2, -0.15) is 0 Å². The van der Waals surface area contributed by atoms with Crippen molar-refractivity contribution in [2.24, 2.45) is 10.8 Å². The Labute approximate surface area is 140 Å². The predicted molar refractivity (Wildman–Crippen MR) is 92.3 cm³/mol. The van der Waals surface area contributed by atoms with Crippen molar-refractivity contribution in [3.63, 3.8) is 0 Å². The average Bonchev–Trinajstić information content (AvgIpc) is 2.82. The topological polar surface area (TPSA) is 50.5 Å². The molecule has 0 aromatic carbocycles. The fourth-order valence-electron chi connectivity index (χ4n) is 4.29. The molecule has 2 fully saturated rings. The van der Waals surface area contributed by atoms with Crippen molar-refractivity contribution >= 4 is 9.84 Å². The first-order chi connectivity index (χ1) is 10.3. The molecule has 5 heteroatoms. The Hall–Kier alpha value is -0.810. The molecule has 0 spiro atoms. The zero-order valence-electron chi connectivity index (χ0n) is 15.2. The second-order valence-corrected chi connectivity index (χ2v) is 11.3. The van der Waals surface area contributed by atoms with Gasteiger partial charge in [0.15, 0.2) is 9.84 Å².